The van der Waals surface area contributed by atoms with Gasteiger partial charge in [-0.25, -0.2) is 18.3 Å². The maximum absolute atomic E-state index is 8.59. The predicted molar refractivity (Wildman–Crippen MR) is 21.0 cm³/mol. The lowest BCUT2D eigenvalue weighted by Gasteiger charge is -1.35. The van der Waals surface area contributed by atoms with Gasteiger partial charge in [0.2, 0.25) is 0 Å². The first-order valence-corrected chi connectivity index (χ1v) is 3.39. The second-order valence-corrected chi connectivity index (χ2v) is 1.43. The summed E-state index contributed by atoms with van der Waals surface area (Å²) in [6.45, 7) is 0. The second kappa shape index (κ2) is 6.72. The molecule has 0 amide bonds. The normalized spacial score (nSPS) is 6.25. The quantitative estimate of drug-likeness (QED) is 0.487. The Morgan fingerprint density at radius 1 is 0.750 bits per heavy atom. The van der Waals surface area contributed by atoms with Gasteiger partial charge in [-0.3, -0.25) is 9.79 Å². The van der Waals surface area contributed by atoms with E-state index in [0.717, 1.165) is 0 Å². The van der Waals surface area contributed by atoms with Crippen molar-refractivity contribution in [2.45, 2.75) is 0 Å². The molecule has 0 unspecified atom stereocenters. The number of hydrogen-bond donors (Lipinski definition) is 2. The lowest BCUT2D eigenvalue weighted by Crippen LogP contribution is -1.19. The third-order valence-corrected chi connectivity index (χ3v) is 0. The molecule has 0 spiro atoms. The Morgan fingerprint density at radius 3 is 0.750 bits per heavy atom. The molecule has 0 fully saturated rings. The zero-order chi connectivity index (χ0) is 7.15. The van der Waals surface area contributed by atoms with Crippen LogP contribution in [0.5, 0.6) is 0 Å². The zero-order valence-corrected chi connectivity index (χ0v) is 5.21. The molecule has 0 saturated heterocycles. The molecule has 0 saturated carbocycles. The van der Waals surface area contributed by atoms with Crippen LogP contribution in [-0.2, 0) is 18.3 Å². The van der Waals surface area contributed by atoms with E-state index in [-0.39, 0.29) is 0 Å². The highest BCUT2D eigenvalue weighted by atomic mass is 31.1. The van der Waals surface area contributed by atoms with E-state index in [2.05, 4.69) is 0 Å². The largest absolute Gasteiger partial charge is 0.465 e. The zero-order valence-electron chi connectivity index (χ0n) is 3.42. The summed E-state index contributed by atoms with van der Waals surface area (Å²) in [5.41, 5.74) is 0. The van der Waals surface area contributed by atoms with Crippen molar-refractivity contribution < 1.29 is 28.0 Å². The van der Waals surface area contributed by atoms with E-state index in [0.29, 0.717) is 0 Å². The Balaban J connectivity index is 0. The van der Waals surface area contributed by atoms with Gasteiger partial charge in [0.05, 0.1) is 0 Å². The molecule has 0 aliphatic rings. The van der Waals surface area contributed by atoms with Gasteiger partial charge in [-0.05, 0) is 0 Å². The van der Waals surface area contributed by atoms with Gasteiger partial charge in [0.1, 0.15) is 0 Å². The van der Waals surface area contributed by atoms with Gasteiger partial charge in [0.15, 0.2) is 0 Å². The molecule has 0 atom stereocenters. The molecule has 2 N–H and O–H groups in total. The van der Waals surface area contributed by atoms with Crippen LogP contribution in [-0.4, -0.2) is 9.79 Å². The highest BCUT2D eigenvalue weighted by Crippen LogP contribution is 1.84. The first kappa shape index (κ1) is 10.7. The van der Waals surface area contributed by atoms with Gasteiger partial charge in [0.25, 0.3) is 0 Å². The number of hydrogen-bond acceptors (Lipinski definition) is 4. The van der Waals surface area contributed by atoms with Crippen molar-refractivity contribution in [3.05, 3.63) is 0 Å². The molecular formula is H2O6P2. The molecular weight excluding hydrogens is 158 g/mol. The van der Waals surface area contributed by atoms with Crippen LogP contribution < -0.4 is 0 Å². The molecule has 0 bridgehead atoms. The lowest BCUT2D eigenvalue weighted by atomic mass is 15.9. The fourth-order valence-corrected chi connectivity index (χ4v) is 0. The molecule has 0 aromatic heterocycles. The first-order chi connectivity index (χ1) is 3.46. The molecule has 6 nitrogen and oxygen atoms in total. The molecule has 8 heteroatoms. The van der Waals surface area contributed by atoms with Gasteiger partial charge in [-0.2, -0.15) is 0 Å². The van der Waals surface area contributed by atoms with Crippen molar-refractivity contribution in [3.8, 4) is 0 Å². The van der Waals surface area contributed by atoms with Crippen LogP contribution in [0.1, 0.15) is 0 Å². The van der Waals surface area contributed by atoms with Crippen molar-refractivity contribution in [1.29, 1.82) is 0 Å². The van der Waals surface area contributed by atoms with Gasteiger partial charge in [0, 0.05) is 0 Å². The van der Waals surface area contributed by atoms with Crippen LogP contribution in [0.4, 0.5) is 0 Å². The monoisotopic (exact) mass is 160 g/mol. The van der Waals surface area contributed by atoms with Crippen LogP contribution in [0.3, 0.4) is 0 Å². The highest BCUT2D eigenvalue weighted by Gasteiger charge is 1.57. The van der Waals surface area contributed by atoms with Crippen LogP contribution in [0, 0.1) is 0 Å². The van der Waals surface area contributed by atoms with Crippen molar-refractivity contribution >= 4 is 15.8 Å². The molecule has 0 radical (unpaired) electrons. The Hall–Kier alpha value is -0.280. The van der Waals surface area contributed by atoms with Gasteiger partial charge < -0.3 is 0 Å². The first-order valence-electron chi connectivity index (χ1n) is 1.13. The smallest absolute Gasteiger partial charge is 0.287 e. The Kier molecular flexibility index (Phi) is 8.95. The number of rotatable bonds is 0. The van der Waals surface area contributed by atoms with E-state index in [9.17, 15) is 0 Å². The fourth-order valence-electron chi connectivity index (χ4n) is 0. The summed E-state index contributed by atoms with van der Waals surface area (Å²) in [6.07, 6.45) is 0. The molecule has 0 heterocycles. The van der Waals surface area contributed by atoms with Crippen molar-refractivity contribution in [2.24, 2.45) is 0 Å². The molecule has 0 aliphatic carbocycles. The van der Waals surface area contributed by atoms with E-state index < -0.39 is 15.8 Å². The van der Waals surface area contributed by atoms with Crippen molar-refractivity contribution in [1.82, 2.24) is 0 Å². The average Bonchev–Trinajstić information content (AvgIpc) is 1.25. The predicted octanol–water partition coefficient (Wildman–Crippen LogP) is 0.133. The van der Waals surface area contributed by atoms with Crippen LogP contribution >= 0.6 is 15.8 Å². The Labute approximate surface area is 45.0 Å². The fraction of sp³-hybridized carbons (Fsp3) is 0. The van der Waals surface area contributed by atoms with Gasteiger partial charge >= 0.3 is 15.8 Å². The Bertz CT molecular complexity index is 123. The van der Waals surface area contributed by atoms with E-state index in [1.807, 2.05) is 0 Å². The molecule has 0 rings (SSSR count). The molecule has 48 valence electrons. The highest BCUT2D eigenvalue weighted by molar-refractivity contribution is 7.23. The van der Waals surface area contributed by atoms with Gasteiger partial charge in [-0.15, -0.1) is 0 Å². The van der Waals surface area contributed by atoms with E-state index in [1.54, 1.807) is 0 Å². The second-order valence-electron chi connectivity index (χ2n) is 0.476. The molecule has 0 aliphatic heterocycles. The minimum atomic E-state index is -3.12. The van der Waals surface area contributed by atoms with Crippen LogP contribution in [0.15, 0.2) is 0 Å². The van der Waals surface area contributed by atoms with E-state index in [4.69, 9.17) is 28.0 Å². The average molecular weight is 160 g/mol. The van der Waals surface area contributed by atoms with Crippen molar-refractivity contribution in [3.63, 3.8) is 0 Å². The summed E-state index contributed by atoms with van der Waals surface area (Å²) in [5.74, 6) is 0. The van der Waals surface area contributed by atoms with Crippen molar-refractivity contribution in [2.75, 3.05) is 0 Å². The van der Waals surface area contributed by atoms with E-state index >= 15 is 0 Å². The minimum Gasteiger partial charge on any atom is -0.287 e. The third-order valence-electron chi connectivity index (χ3n) is 0. The lowest BCUT2D eigenvalue weighted by molar-refractivity contribution is 0.432. The summed E-state index contributed by atoms with van der Waals surface area (Å²) in [4.78, 5) is 14.0. The molecule has 8 heavy (non-hydrogen) atoms. The minimum absolute atomic E-state index is 3.12. The standard InChI is InChI=1S/2HO3P/c2*1-4(2)3/h2*(H,1,2,3). The topological polar surface area (TPSA) is 109 Å². The summed E-state index contributed by atoms with van der Waals surface area (Å²) in [6, 6.07) is 0. The molecule has 0 aromatic carbocycles. The van der Waals surface area contributed by atoms with Crippen LogP contribution in [0.25, 0.3) is 0 Å². The third kappa shape index (κ3) is 1630. The maximum Gasteiger partial charge on any atom is 0.465 e. The Morgan fingerprint density at radius 2 is 0.750 bits per heavy atom. The van der Waals surface area contributed by atoms with Gasteiger partial charge in [-0.1, -0.05) is 0 Å². The SMILES string of the molecule is O=P(=O)O.O=P(=O)O. The summed E-state index contributed by atoms with van der Waals surface area (Å²) in [7, 11) is -6.24. The summed E-state index contributed by atoms with van der Waals surface area (Å²) < 4.78 is 34.4. The maximum atomic E-state index is 8.59. The molecule has 0 aromatic rings. The summed E-state index contributed by atoms with van der Waals surface area (Å²) in [5, 5.41) is 0. The van der Waals surface area contributed by atoms with Crippen LogP contribution in [0.2, 0.25) is 0 Å². The van der Waals surface area contributed by atoms with E-state index in [1.165, 1.54) is 0 Å². The summed E-state index contributed by atoms with van der Waals surface area (Å²) >= 11 is 0.